The SMILES string of the molecule is Cc1ccc(Oc2cc(C)c([N+](=O)[O-])cc2F)c(C#N)c1. The molecule has 0 aliphatic carbocycles. The van der Waals surface area contributed by atoms with Gasteiger partial charge in [0.05, 0.1) is 16.6 Å². The minimum Gasteiger partial charge on any atom is -0.453 e. The molecule has 2 aromatic rings. The van der Waals surface area contributed by atoms with Gasteiger partial charge in [0, 0.05) is 5.56 Å². The number of hydrogen-bond acceptors (Lipinski definition) is 4. The van der Waals surface area contributed by atoms with E-state index in [2.05, 4.69) is 0 Å². The summed E-state index contributed by atoms with van der Waals surface area (Å²) in [6.07, 6.45) is 0. The van der Waals surface area contributed by atoms with Crippen LogP contribution in [0.2, 0.25) is 0 Å². The molecule has 0 spiro atoms. The van der Waals surface area contributed by atoms with Crippen molar-refractivity contribution in [3.63, 3.8) is 0 Å². The average molecular weight is 286 g/mol. The molecule has 21 heavy (non-hydrogen) atoms. The van der Waals surface area contributed by atoms with E-state index in [1.165, 1.54) is 13.0 Å². The summed E-state index contributed by atoms with van der Waals surface area (Å²) in [6.45, 7) is 3.31. The fourth-order valence-electron chi connectivity index (χ4n) is 1.86. The molecule has 6 heteroatoms. The minimum absolute atomic E-state index is 0.154. The van der Waals surface area contributed by atoms with E-state index in [4.69, 9.17) is 10.00 Å². The van der Waals surface area contributed by atoms with E-state index in [9.17, 15) is 14.5 Å². The number of nitro benzene ring substituents is 1. The summed E-state index contributed by atoms with van der Waals surface area (Å²) in [5.74, 6) is -0.800. The summed E-state index contributed by atoms with van der Waals surface area (Å²) in [6, 6.07) is 8.92. The molecule has 0 aliphatic heterocycles. The van der Waals surface area contributed by atoms with Gasteiger partial charge in [0.1, 0.15) is 11.8 Å². The molecular formula is C15H11FN2O3. The number of rotatable bonds is 3. The van der Waals surface area contributed by atoms with Crippen LogP contribution in [-0.4, -0.2) is 4.92 Å². The molecule has 106 valence electrons. The van der Waals surface area contributed by atoms with Gasteiger partial charge in [0.2, 0.25) is 0 Å². The Labute approximate surface area is 120 Å². The summed E-state index contributed by atoms with van der Waals surface area (Å²) in [7, 11) is 0. The smallest absolute Gasteiger partial charge is 0.275 e. The van der Waals surface area contributed by atoms with Gasteiger partial charge < -0.3 is 4.74 Å². The van der Waals surface area contributed by atoms with Crippen LogP contribution in [0.15, 0.2) is 30.3 Å². The van der Waals surface area contributed by atoms with Crippen molar-refractivity contribution in [2.24, 2.45) is 0 Å². The number of nitriles is 1. The van der Waals surface area contributed by atoms with Crippen molar-refractivity contribution in [2.75, 3.05) is 0 Å². The third kappa shape index (κ3) is 2.98. The normalized spacial score (nSPS) is 10.0. The highest BCUT2D eigenvalue weighted by atomic mass is 19.1. The van der Waals surface area contributed by atoms with E-state index >= 15 is 0 Å². The zero-order chi connectivity index (χ0) is 15.6. The molecule has 0 bridgehead atoms. The zero-order valence-corrected chi connectivity index (χ0v) is 11.4. The van der Waals surface area contributed by atoms with Gasteiger partial charge in [-0.05, 0) is 37.6 Å². The second-order valence-electron chi connectivity index (χ2n) is 4.54. The standard InChI is InChI=1S/C15H11FN2O3/c1-9-3-4-14(11(5-9)8-17)21-15-6-10(2)13(18(19)20)7-12(15)16/h3-7H,1-2H3. The predicted molar refractivity (Wildman–Crippen MR) is 73.8 cm³/mol. The first-order valence-corrected chi connectivity index (χ1v) is 6.05. The molecule has 0 N–H and O–H groups in total. The van der Waals surface area contributed by atoms with Gasteiger partial charge in [0.15, 0.2) is 11.6 Å². The fraction of sp³-hybridized carbons (Fsp3) is 0.133. The molecule has 0 atom stereocenters. The second-order valence-corrected chi connectivity index (χ2v) is 4.54. The van der Waals surface area contributed by atoms with Crippen LogP contribution in [-0.2, 0) is 0 Å². The van der Waals surface area contributed by atoms with E-state index in [0.717, 1.165) is 11.6 Å². The van der Waals surface area contributed by atoms with Crippen LogP contribution < -0.4 is 4.74 Å². The lowest BCUT2D eigenvalue weighted by atomic mass is 10.1. The van der Waals surface area contributed by atoms with Crippen molar-refractivity contribution in [2.45, 2.75) is 13.8 Å². The van der Waals surface area contributed by atoms with Gasteiger partial charge in [-0.1, -0.05) is 6.07 Å². The highest BCUT2D eigenvalue weighted by molar-refractivity contribution is 5.50. The Morgan fingerprint density at radius 1 is 1.24 bits per heavy atom. The first-order chi connectivity index (χ1) is 9.92. The Balaban J connectivity index is 2.44. The predicted octanol–water partition coefficient (Wildman–Crippen LogP) is 4.01. The Hall–Kier alpha value is -2.94. The van der Waals surface area contributed by atoms with E-state index in [1.807, 2.05) is 13.0 Å². The van der Waals surface area contributed by atoms with Gasteiger partial charge in [-0.25, -0.2) is 4.39 Å². The van der Waals surface area contributed by atoms with Crippen molar-refractivity contribution < 1.29 is 14.1 Å². The summed E-state index contributed by atoms with van der Waals surface area (Å²) in [4.78, 5) is 10.1. The van der Waals surface area contributed by atoms with Crippen LogP contribution in [0, 0.1) is 41.1 Å². The van der Waals surface area contributed by atoms with Crippen LogP contribution in [0.5, 0.6) is 11.5 Å². The van der Waals surface area contributed by atoms with Crippen molar-refractivity contribution in [3.8, 4) is 17.6 Å². The Morgan fingerprint density at radius 3 is 2.57 bits per heavy atom. The Kier molecular flexibility index (Phi) is 3.85. The molecular weight excluding hydrogens is 275 g/mol. The molecule has 0 fully saturated rings. The van der Waals surface area contributed by atoms with Crippen LogP contribution in [0.4, 0.5) is 10.1 Å². The molecule has 0 aromatic heterocycles. The third-order valence-corrected chi connectivity index (χ3v) is 2.92. The maximum absolute atomic E-state index is 13.9. The molecule has 0 unspecified atom stereocenters. The summed E-state index contributed by atoms with van der Waals surface area (Å²) < 4.78 is 19.3. The maximum Gasteiger partial charge on any atom is 0.275 e. The number of aryl methyl sites for hydroxylation is 2. The second kappa shape index (κ2) is 5.59. The summed E-state index contributed by atoms with van der Waals surface area (Å²) >= 11 is 0. The number of halogens is 1. The molecule has 0 heterocycles. The molecule has 0 saturated carbocycles. The Bertz CT molecular complexity index is 766. The summed E-state index contributed by atoms with van der Waals surface area (Å²) in [5, 5.41) is 19.8. The highest BCUT2D eigenvalue weighted by Gasteiger charge is 2.17. The monoisotopic (exact) mass is 286 g/mol. The fourth-order valence-corrected chi connectivity index (χ4v) is 1.86. The lowest BCUT2D eigenvalue weighted by Gasteiger charge is -2.10. The molecule has 2 rings (SSSR count). The quantitative estimate of drug-likeness (QED) is 0.630. The van der Waals surface area contributed by atoms with Gasteiger partial charge in [-0.3, -0.25) is 10.1 Å². The number of benzene rings is 2. The van der Waals surface area contributed by atoms with Crippen LogP contribution in [0.3, 0.4) is 0 Å². The number of nitrogens with zero attached hydrogens (tertiary/aromatic N) is 2. The lowest BCUT2D eigenvalue weighted by Crippen LogP contribution is -1.97. The van der Waals surface area contributed by atoms with Crippen LogP contribution >= 0.6 is 0 Å². The van der Waals surface area contributed by atoms with Gasteiger partial charge >= 0.3 is 0 Å². The van der Waals surface area contributed by atoms with Crippen LogP contribution in [0.25, 0.3) is 0 Å². The van der Waals surface area contributed by atoms with Crippen molar-refractivity contribution >= 4 is 5.69 Å². The first kappa shape index (κ1) is 14.5. The van der Waals surface area contributed by atoms with Gasteiger partial charge in [-0.2, -0.15) is 5.26 Å². The third-order valence-electron chi connectivity index (χ3n) is 2.92. The van der Waals surface area contributed by atoms with E-state index < -0.39 is 10.7 Å². The zero-order valence-electron chi connectivity index (χ0n) is 11.4. The van der Waals surface area contributed by atoms with Crippen LogP contribution in [0.1, 0.15) is 16.7 Å². The number of ether oxygens (including phenoxy) is 1. The molecule has 5 nitrogen and oxygen atoms in total. The maximum atomic E-state index is 13.9. The van der Waals surface area contributed by atoms with E-state index in [0.29, 0.717) is 0 Å². The molecule has 0 saturated heterocycles. The van der Waals surface area contributed by atoms with Crippen molar-refractivity contribution in [3.05, 3.63) is 63.0 Å². The molecule has 2 aromatic carbocycles. The lowest BCUT2D eigenvalue weighted by molar-refractivity contribution is -0.385. The topological polar surface area (TPSA) is 76.2 Å². The Morgan fingerprint density at radius 2 is 1.95 bits per heavy atom. The first-order valence-electron chi connectivity index (χ1n) is 6.05. The van der Waals surface area contributed by atoms with E-state index in [1.54, 1.807) is 18.2 Å². The van der Waals surface area contributed by atoms with Gasteiger partial charge in [-0.15, -0.1) is 0 Å². The molecule has 0 aliphatic rings. The average Bonchev–Trinajstić information content (AvgIpc) is 2.43. The highest BCUT2D eigenvalue weighted by Crippen LogP contribution is 2.32. The minimum atomic E-state index is -0.850. The number of hydrogen-bond donors (Lipinski definition) is 0. The molecule has 0 amide bonds. The molecule has 0 radical (unpaired) electrons. The van der Waals surface area contributed by atoms with Gasteiger partial charge in [0.25, 0.3) is 5.69 Å². The largest absolute Gasteiger partial charge is 0.453 e. The van der Waals surface area contributed by atoms with Crippen molar-refractivity contribution in [1.29, 1.82) is 5.26 Å². The van der Waals surface area contributed by atoms with E-state index in [-0.39, 0.29) is 28.3 Å². The number of nitro groups is 1. The van der Waals surface area contributed by atoms with Crippen molar-refractivity contribution in [1.82, 2.24) is 0 Å². The summed E-state index contributed by atoms with van der Waals surface area (Å²) in [5.41, 5.74) is 1.11.